The average molecular weight is 255 g/mol. The number of hydrogen-bond acceptors (Lipinski definition) is 2. The molecule has 2 aromatic rings. The highest BCUT2D eigenvalue weighted by molar-refractivity contribution is 5.76. The molecule has 0 aromatic carbocycles. The predicted molar refractivity (Wildman–Crippen MR) is 78.6 cm³/mol. The third-order valence-electron chi connectivity index (χ3n) is 3.62. The fraction of sp³-hybridized carbons (Fsp3) is 0.500. The highest BCUT2D eigenvalue weighted by Gasteiger charge is 2.10. The molecular weight excluding hydrogens is 234 g/mol. The van der Waals surface area contributed by atoms with E-state index in [0.717, 1.165) is 23.9 Å². The molecule has 2 heterocycles. The van der Waals surface area contributed by atoms with Crippen molar-refractivity contribution in [3.8, 4) is 12.3 Å². The van der Waals surface area contributed by atoms with Gasteiger partial charge in [-0.1, -0.05) is 20.3 Å². The van der Waals surface area contributed by atoms with Crippen LogP contribution in [0.1, 0.15) is 38.7 Å². The topological polar surface area (TPSA) is 41.6 Å². The zero-order chi connectivity index (χ0) is 13.7. The lowest BCUT2D eigenvalue weighted by molar-refractivity contribution is 0.434. The van der Waals surface area contributed by atoms with Gasteiger partial charge < -0.3 is 0 Å². The molecule has 0 bridgehead atoms. The van der Waals surface area contributed by atoms with Crippen molar-refractivity contribution in [2.24, 2.45) is 11.8 Å². The van der Waals surface area contributed by atoms with Crippen molar-refractivity contribution in [2.75, 3.05) is 0 Å². The molecule has 0 radical (unpaired) electrons. The number of aromatic amines is 1. The van der Waals surface area contributed by atoms with E-state index in [0.29, 0.717) is 11.8 Å². The van der Waals surface area contributed by atoms with Gasteiger partial charge in [-0.2, -0.15) is 5.10 Å². The minimum atomic E-state index is 0.622. The first-order valence-corrected chi connectivity index (χ1v) is 6.91. The molecule has 0 aliphatic carbocycles. The van der Waals surface area contributed by atoms with E-state index in [1.54, 1.807) is 6.20 Å². The molecule has 0 aliphatic rings. The predicted octanol–water partition coefficient (Wildman–Crippen LogP) is 3.58. The number of H-pyrrole nitrogens is 1. The van der Waals surface area contributed by atoms with E-state index >= 15 is 0 Å². The molecule has 1 N–H and O–H groups in total. The van der Waals surface area contributed by atoms with Gasteiger partial charge in [-0.15, -0.1) is 12.3 Å². The molecule has 0 amide bonds. The van der Waals surface area contributed by atoms with Crippen molar-refractivity contribution in [1.29, 1.82) is 0 Å². The number of terminal acetylenes is 1. The van der Waals surface area contributed by atoms with Gasteiger partial charge in [0.2, 0.25) is 0 Å². The summed E-state index contributed by atoms with van der Waals surface area (Å²) in [7, 11) is 0. The summed E-state index contributed by atoms with van der Waals surface area (Å²) in [5, 5.41) is 7.10. The smallest absolute Gasteiger partial charge is 0.108 e. The van der Waals surface area contributed by atoms with Crippen molar-refractivity contribution < 1.29 is 0 Å². The van der Waals surface area contributed by atoms with E-state index < -0.39 is 0 Å². The summed E-state index contributed by atoms with van der Waals surface area (Å²) >= 11 is 0. The maximum absolute atomic E-state index is 5.34. The zero-order valence-electron chi connectivity index (χ0n) is 11.7. The van der Waals surface area contributed by atoms with Gasteiger partial charge >= 0.3 is 0 Å². The van der Waals surface area contributed by atoms with Gasteiger partial charge in [-0.25, -0.2) is 0 Å². The van der Waals surface area contributed by atoms with E-state index in [1.165, 1.54) is 18.4 Å². The van der Waals surface area contributed by atoms with Gasteiger partial charge in [-0.05, 0) is 36.3 Å². The van der Waals surface area contributed by atoms with Crippen LogP contribution in [0.15, 0.2) is 18.5 Å². The molecule has 19 heavy (non-hydrogen) atoms. The Morgan fingerprint density at radius 3 is 2.89 bits per heavy atom. The first kappa shape index (κ1) is 13.6. The van der Waals surface area contributed by atoms with Crippen LogP contribution in [0.2, 0.25) is 0 Å². The number of nitrogens with one attached hydrogen (secondary N) is 1. The highest BCUT2D eigenvalue weighted by atomic mass is 15.1. The summed E-state index contributed by atoms with van der Waals surface area (Å²) in [6, 6.07) is 2.09. The maximum Gasteiger partial charge on any atom is 0.108 e. The van der Waals surface area contributed by atoms with E-state index in [1.807, 2.05) is 6.20 Å². The molecule has 2 unspecified atom stereocenters. The lowest BCUT2D eigenvalue weighted by Gasteiger charge is -2.14. The lowest BCUT2D eigenvalue weighted by atomic mass is 9.92. The van der Waals surface area contributed by atoms with Crippen LogP contribution in [0.5, 0.6) is 0 Å². The Kier molecular flexibility index (Phi) is 4.57. The van der Waals surface area contributed by atoms with Gasteiger partial charge in [0.25, 0.3) is 0 Å². The van der Waals surface area contributed by atoms with Crippen LogP contribution in [0.25, 0.3) is 11.0 Å². The van der Waals surface area contributed by atoms with Crippen molar-refractivity contribution in [3.63, 3.8) is 0 Å². The molecule has 2 atom stereocenters. The summed E-state index contributed by atoms with van der Waals surface area (Å²) in [5.74, 6) is 4.01. The Hall–Kier alpha value is -1.82. The fourth-order valence-corrected chi connectivity index (χ4v) is 2.42. The van der Waals surface area contributed by atoms with E-state index in [-0.39, 0.29) is 0 Å². The van der Waals surface area contributed by atoms with Gasteiger partial charge in [-0.3, -0.25) is 10.1 Å². The van der Waals surface area contributed by atoms with Gasteiger partial charge in [0.15, 0.2) is 0 Å². The van der Waals surface area contributed by atoms with Crippen molar-refractivity contribution >= 4 is 11.0 Å². The van der Waals surface area contributed by atoms with Crippen LogP contribution in [0.4, 0.5) is 0 Å². The summed E-state index contributed by atoms with van der Waals surface area (Å²) in [4.78, 5) is 4.29. The monoisotopic (exact) mass is 255 g/mol. The molecule has 0 spiro atoms. The molecule has 100 valence electrons. The Bertz CT molecular complexity index is 565. The molecule has 3 heteroatoms. The Morgan fingerprint density at radius 1 is 1.32 bits per heavy atom. The summed E-state index contributed by atoms with van der Waals surface area (Å²) in [6.07, 6.45) is 13.3. The largest absolute Gasteiger partial charge is 0.276 e. The van der Waals surface area contributed by atoms with Crippen LogP contribution in [0, 0.1) is 24.2 Å². The quantitative estimate of drug-likeness (QED) is 0.802. The summed E-state index contributed by atoms with van der Waals surface area (Å²) < 4.78 is 0. The second-order valence-corrected chi connectivity index (χ2v) is 5.50. The molecule has 2 rings (SSSR count). The Morgan fingerprint density at radius 2 is 2.11 bits per heavy atom. The minimum Gasteiger partial charge on any atom is -0.276 e. The normalized spacial score (nSPS) is 14.2. The van der Waals surface area contributed by atoms with Crippen molar-refractivity contribution in [1.82, 2.24) is 15.2 Å². The number of pyridine rings is 1. The van der Waals surface area contributed by atoms with E-state index in [4.69, 9.17) is 6.42 Å². The Balaban J connectivity index is 1.94. The van der Waals surface area contributed by atoms with Crippen molar-refractivity contribution in [2.45, 2.75) is 39.5 Å². The number of fused-ring (bicyclic) bond motifs is 1. The SMILES string of the molecule is C#CCC(C)CCC(C)Cc1ccnc2cn[nH]c12. The third-order valence-corrected chi connectivity index (χ3v) is 3.62. The average Bonchev–Trinajstić information content (AvgIpc) is 2.86. The zero-order valence-corrected chi connectivity index (χ0v) is 11.7. The lowest BCUT2D eigenvalue weighted by Crippen LogP contribution is -2.04. The van der Waals surface area contributed by atoms with Crippen molar-refractivity contribution in [3.05, 3.63) is 24.0 Å². The fourth-order valence-electron chi connectivity index (χ4n) is 2.42. The standard InChI is InChI=1S/C16H21N3/c1-4-5-12(2)6-7-13(3)10-14-8-9-17-15-11-18-19-16(14)15/h1,8-9,11-13H,5-7,10H2,2-3H3,(H,18,19). The van der Waals surface area contributed by atoms with Gasteiger partial charge in [0, 0.05) is 12.6 Å². The van der Waals surface area contributed by atoms with E-state index in [2.05, 4.69) is 41.0 Å². The maximum atomic E-state index is 5.34. The van der Waals surface area contributed by atoms with Crippen LogP contribution in [-0.2, 0) is 6.42 Å². The summed E-state index contributed by atoms with van der Waals surface area (Å²) in [6.45, 7) is 4.53. The summed E-state index contributed by atoms with van der Waals surface area (Å²) in [5.41, 5.74) is 3.33. The number of aromatic nitrogens is 3. The number of hydrogen-bond donors (Lipinski definition) is 1. The van der Waals surface area contributed by atoms with Crippen LogP contribution >= 0.6 is 0 Å². The second-order valence-electron chi connectivity index (χ2n) is 5.50. The number of nitrogens with zero attached hydrogens (tertiary/aromatic N) is 2. The molecule has 3 nitrogen and oxygen atoms in total. The number of rotatable bonds is 6. The van der Waals surface area contributed by atoms with Gasteiger partial charge in [0.05, 0.1) is 11.7 Å². The first-order chi connectivity index (χ1) is 9.20. The Labute approximate surface area is 114 Å². The van der Waals surface area contributed by atoms with E-state index in [9.17, 15) is 0 Å². The highest BCUT2D eigenvalue weighted by Crippen LogP contribution is 2.21. The minimum absolute atomic E-state index is 0.622. The molecule has 0 aliphatic heterocycles. The second kappa shape index (κ2) is 6.38. The molecule has 0 saturated carbocycles. The van der Waals surface area contributed by atoms with Crippen LogP contribution in [0.3, 0.4) is 0 Å². The van der Waals surface area contributed by atoms with Crippen LogP contribution < -0.4 is 0 Å². The molecule has 0 saturated heterocycles. The third kappa shape index (κ3) is 3.57. The molecule has 0 fully saturated rings. The van der Waals surface area contributed by atoms with Crippen LogP contribution in [-0.4, -0.2) is 15.2 Å². The van der Waals surface area contributed by atoms with Gasteiger partial charge in [0.1, 0.15) is 5.52 Å². The molecule has 2 aromatic heterocycles. The first-order valence-electron chi connectivity index (χ1n) is 6.91. The molecular formula is C16H21N3.